The number of nitrogens with one attached hydrogen (secondary N) is 2. The minimum absolute atomic E-state index is 0.0908. The minimum Gasteiger partial charge on any atom is -0.492 e. The van der Waals surface area contributed by atoms with Gasteiger partial charge in [0.1, 0.15) is 16.6 Å². The third-order valence-electron chi connectivity index (χ3n) is 11.2. The van der Waals surface area contributed by atoms with E-state index in [1.807, 2.05) is 18.2 Å². The molecule has 0 saturated heterocycles. The van der Waals surface area contributed by atoms with Crippen molar-refractivity contribution in [1.29, 1.82) is 0 Å². The number of carbonyl (C=O) groups excluding carboxylic acids is 4. The fraction of sp³-hybridized carbons (Fsp3) is 0.511. The molecule has 0 aromatic heterocycles. The van der Waals surface area contributed by atoms with Gasteiger partial charge in [0.15, 0.2) is 0 Å². The lowest BCUT2D eigenvalue weighted by Crippen LogP contribution is -2.60. The zero-order chi connectivity index (χ0) is 43.2. The Morgan fingerprint density at radius 3 is 1.73 bits per heavy atom. The van der Waals surface area contributed by atoms with Crippen LogP contribution < -0.4 is 15.4 Å². The van der Waals surface area contributed by atoms with Gasteiger partial charge in [-0.3, -0.25) is 29.0 Å². The summed E-state index contributed by atoms with van der Waals surface area (Å²) < 4.78 is 40.1. The van der Waals surface area contributed by atoms with Crippen molar-refractivity contribution in [2.75, 3.05) is 115 Å². The van der Waals surface area contributed by atoms with Crippen molar-refractivity contribution in [3.8, 4) is 5.75 Å². The number of amides is 4. The van der Waals surface area contributed by atoms with Crippen LogP contribution in [0.1, 0.15) is 37.4 Å². The van der Waals surface area contributed by atoms with Crippen molar-refractivity contribution in [3.05, 3.63) is 101 Å². The second-order valence-electron chi connectivity index (χ2n) is 15.9. The van der Waals surface area contributed by atoms with Crippen LogP contribution in [-0.2, 0) is 57.5 Å². The molecule has 326 valence electrons. The van der Waals surface area contributed by atoms with Gasteiger partial charge in [0.25, 0.3) is 11.8 Å². The van der Waals surface area contributed by atoms with E-state index in [1.165, 1.54) is 39.6 Å². The molecule has 0 saturated carbocycles. The van der Waals surface area contributed by atoms with Gasteiger partial charge in [-0.25, -0.2) is 0 Å². The minimum atomic E-state index is -1.53. The molecule has 0 aliphatic carbocycles. The fourth-order valence-corrected chi connectivity index (χ4v) is 8.24. The number of hydrogen-bond acceptors (Lipinski definition) is 12. The average Bonchev–Trinajstić information content (AvgIpc) is 3.49. The quantitative estimate of drug-likeness (QED) is 0.120. The molecule has 3 aromatic carbocycles. The summed E-state index contributed by atoms with van der Waals surface area (Å²) >= 11 is 0. The van der Waals surface area contributed by atoms with Gasteiger partial charge in [-0.05, 0) is 41.3 Å². The molecule has 5 rings (SSSR count). The lowest BCUT2D eigenvalue weighted by Gasteiger charge is -2.38. The molecule has 0 unspecified atom stereocenters. The number of hydrogen-bond donors (Lipinski definition) is 2. The Morgan fingerprint density at radius 1 is 0.617 bits per heavy atom. The van der Waals surface area contributed by atoms with Crippen molar-refractivity contribution < 1.29 is 52.3 Å². The SMILES string of the molecule is COCC(CNC(=O)C(CNC(=O)C(COC)(COC)CN1C(=O)c2ccccc2C1=O)(COC)COC)(COC)COc1cccc2c1CCN(Cc1ccccc1)C2. The number of benzene rings is 3. The molecule has 0 spiro atoms. The summed E-state index contributed by atoms with van der Waals surface area (Å²) in [6, 6.07) is 23.0. The van der Waals surface area contributed by atoms with Gasteiger partial charge in [-0.2, -0.15) is 0 Å². The van der Waals surface area contributed by atoms with E-state index in [2.05, 4.69) is 45.9 Å². The van der Waals surface area contributed by atoms with Gasteiger partial charge < -0.3 is 43.8 Å². The van der Waals surface area contributed by atoms with Crippen molar-refractivity contribution in [3.63, 3.8) is 0 Å². The van der Waals surface area contributed by atoms with Crippen molar-refractivity contribution in [2.24, 2.45) is 16.2 Å². The first kappa shape index (κ1) is 46.3. The first-order valence-electron chi connectivity index (χ1n) is 20.0. The monoisotopic (exact) mass is 832 g/mol. The molecule has 0 fully saturated rings. The van der Waals surface area contributed by atoms with Crippen LogP contribution in [0.15, 0.2) is 72.8 Å². The third kappa shape index (κ3) is 10.8. The number of methoxy groups -OCH3 is 6. The largest absolute Gasteiger partial charge is 0.492 e. The predicted octanol–water partition coefficient (Wildman–Crippen LogP) is 2.99. The van der Waals surface area contributed by atoms with Crippen LogP contribution >= 0.6 is 0 Å². The lowest BCUT2D eigenvalue weighted by molar-refractivity contribution is -0.144. The molecule has 2 N–H and O–H groups in total. The van der Waals surface area contributed by atoms with Crippen molar-refractivity contribution in [2.45, 2.75) is 19.5 Å². The van der Waals surface area contributed by atoms with E-state index in [1.54, 1.807) is 38.5 Å². The van der Waals surface area contributed by atoms with Crippen LogP contribution in [0.3, 0.4) is 0 Å². The molecule has 15 heteroatoms. The lowest BCUT2D eigenvalue weighted by atomic mass is 9.84. The summed E-state index contributed by atoms with van der Waals surface area (Å²) in [4.78, 5) is 59.0. The zero-order valence-corrected chi connectivity index (χ0v) is 35.7. The highest BCUT2D eigenvalue weighted by atomic mass is 16.5. The van der Waals surface area contributed by atoms with Gasteiger partial charge in [0, 0.05) is 81.9 Å². The van der Waals surface area contributed by atoms with Crippen LogP contribution in [0.2, 0.25) is 0 Å². The van der Waals surface area contributed by atoms with Crippen LogP contribution in [0.5, 0.6) is 5.75 Å². The van der Waals surface area contributed by atoms with Gasteiger partial charge >= 0.3 is 0 Å². The maximum Gasteiger partial charge on any atom is 0.261 e. The first-order chi connectivity index (χ1) is 29.0. The van der Waals surface area contributed by atoms with Crippen LogP contribution in [0.4, 0.5) is 0 Å². The van der Waals surface area contributed by atoms with Crippen LogP contribution in [0.25, 0.3) is 0 Å². The fourth-order valence-electron chi connectivity index (χ4n) is 8.24. The van der Waals surface area contributed by atoms with Gasteiger partial charge in [-0.1, -0.05) is 54.6 Å². The number of carbonyl (C=O) groups is 4. The van der Waals surface area contributed by atoms with E-state index in [0.717, 1.165) is 42.3 Å². The smallest absolute Gasteiger partial charge is 0.261 e. The maximum atomic E-state index is 14.4. The van der Waals surface area contributed by atoms with Crippen LogP contribution in [0, 0.1) is 16.2 Å². The van der Waals surface area contributed by atoms with E-state index >= 15 is 0 Å². The Labute approximate surface area is 352 Å². The van der Waals surface area contributed by atoms with Crippen molar-refractivity contribution in [1.82, 2.24) is 20.4 Å². The van der Waals surface area contributed by atoms with E-state index in [4.69, 9.17) is 33.2 Å². The molecular weight excluding hydrogens is 773 g/mol. The Kier molecular flexibility index (Phi) is 16.7. The van der Waals surface area contributed by atoms with Gasteiger partial charge in [0.05, 0.1) is 62.8 Å². The standard InChI is InChI=1S/C45H60N4O11/c1-54-26-43(27-55-2,28-60-38-18-12-15-34-22-48(20-19-35(34)38)21-33-13-8-7-9-14-33)23-46-41(52)44(29-56-3,30-57-4)24-47-42(53)45(31-58-5,32-59-6)25-49-39(50)36-16-10-11-17-37(36)40(49)51/h7-18H,19-32H2,1-6H3,(H,46,52)(H,47,53). The molecule has 60 heavy (non-hydrogen) atoms. The van der Waals surface area contributed by atoms with Gasteiger partial charge in [0.2, 0.25) is 11.8 Å². The summed E-state index contributed by atoms with van der Waals surface area (Å²) in [7, 11) is 8.91. The van der Waals surface area contributed by atoms with E-state index in [9.17, 15) is 19.2 Å². The summed E-state index contributed by atoms with van der Waals surface area (Å²) in [6.45, 7) is 2.03. The average molecular weight is 833 g/mol. The predicted molar refractivity (Wildman–Crippen MR) is 223 cm³/mol. The van der Waals surface area contributed by atoms with E-state index in [0.29, 0.717) is 0 Å². The highest BCUT2D eigenvalue weighted by Crippen LogP contribution is 2.32. The van der Waals surface area contributed by atoms with E-state index in [-0.39, 0.29) is 77.0 Å². The summed E-state index contributed by atoms with van der Waals surface area (Å²) in [5.41, 5.74) is 0.374. The van der Waals surface area contributed by atoms with E-state index < -0.39 is 39.9 Å². The first-order valence-corrected chi connectivity index (χ1v) is 20.0. The molecule has 4 amide bonds. The number of imide groups is 1. The van der Waals surface area contributed by atoms with Crippen molar-refractivity contribution >= 4 is 23.6 Å². The topological polar surface area (TPSA) is 163 Å². The third-order valence-corrected chi connectivity index (χ3v) is 11.2. The summed E-state index contributed by atoms with van der Waals surface area (Å²) in [6.07, 6.45) is 0.827. The molecule has 3 aromatic rings. The number of rotatable bonds is 25. The Balaban J connectivity index is 1.31. The second-order valence-corrected chi connectivity index (χ2v) is 15.9. The zero-order valence-electron chi connectivity index (χ0n) is 35.7. The molecular formula is C45H60N4O11. The number of ether oxygens (including phenoxy) is 7. The normalized spacial score (nSPS) is 14.5. The Morgan fingerprint density at radius 2 is 1.15 bits per heavy atom. The molecule has 2 heterocycles. The maximum absolute atomic E-state index is 14.4. The molecule has 15 nitrogen and oxygen atoms in total. The Hall–Kier alpha value is -4.74. The second kappa shape index (κ2) is 21.7. The molecule has 0 radical (unpaired) electrons. The summed E-state index contributed by atoms with van der Waals surface area (Å²) in [5, 5.41) is 5.98. The van der Waals surface area contributed by atoms with Crippen LogP contribution in [-0.4, -0.2) is 149 Å². The highest BCUT2D eigenvalue weighted by Gasteiger charge is 2.48. The summed E-state index contributed by atoms with van der Waals surface area (Å²) in [5.74, 6) is -1.32. The molecule has 2 aliphatic rings. The number of fused-ring (bicyclic) bond motifs is 2. The Bertz CT molecular complexity index is 1860. The molecule has 2 aliphatic heterocycles. The molecule has 0 bridgehead atoms. The molecule has 0 atom stereocenters. The number of nitrogens with zero attached hydrogens (tertiary/aromatic N) is 2. The highest BCUT2D eigenvalue weighted by molar-refractivity contribution is 6.21. The van der Waals surface area contributed by atoms with Gasteiger partial charge in [-0.15, -0.1) is 0 Å².